The Hall–Kier alpha value is -0.280. The molecular formula is C9H16ClNO2. The van der Waals surface area contributed by atoms with Crippen LogP contribution in [0.2, 0.25) is 0 Å². The number of hydrogen-bond donors (Lipinski definition) is 1. The Labute approximate surface area is 84.5 Å². The van der Waals surface area contributed by atoms with E-state index in [-0.39, 0.29) is 12.4 Å². The summed E-state index contributed by atoms with van der Waals surface area (Å²) in [5.74, 6) is 0.232. The van der Waals surface area contributed by atoms with Gasteiger partial charge in [0, 0.05) is 19.1 Å². The number of aliphatic carboxylic acids is 1. The van der Waals surface area contributed by atoms with Gasteiger partial charge in [-0.15, -0.1) is 12.4 Å². The average Bonchev–Trinajstić information content (AvgIpc) is 2.32. The van der Waals surface area contributed by atoms with Gasteiger partial charge in [-0.05, 0) is 18.8 Å². The molecule has 0 radical (unpaired) electrons. The van der Waals surface area contributed by atoms with Gasteiger partial charge in [0.15, 0.2) is 0 Å². The number of rotatable bonds is 3. The summed E-state index contributed by atoms with van der Waals surface area (Å²) in [5.41, 5.74) is 0. The van der Waals surface area contributed by atoms with Gasteiger partial charge in [-0.3, -0.25) is 9.69 Å². The predicted octanol–water partition coefficient (Wildman–Crippen LogP) is 1.37. The summed E-state index contributed by atoms with van der Waals surface area (Å²) in [6.07, 6.45) is 4.32. The number of carboxylic acid groups (broad SMARTS) is 1. The Bertz CT molecular complexity index is 198. The summed E-state index contributed by atoms with van der Waals surface area (Å²) >= 11 is 0. The molecule has 2 rings (SSSR count). The summed E-state index contributed by atoms with van der Waals surface area (Å²) < 4.78 is 0. The third-order valence-corrected chi connectivity index (χ3v) is 3.17. The summed E-state index contributed by atoms with van der Waals surface area (Å²) in [6.45, 7) is 1.91. The Morgan fingerprint density at radius 2 is 2.23 bits per heavy atom. The molecule has 0 aromatic heterocycles. The van der Waals surface area contributed by atoms with Crippen LogP contribution in [0.4, 0.5) is 0 Å². The van der Waals surface area contributed by atoms with E-state index < -0.39 is 5.97 Å². The fourth-order valence-electron chi connectivity index (χ4n) is 2.51. The number of likely N-dealkylation sites (tertiary alicyclic amines) is 1. The first kappa shape index (κ1) is 10.8. The lowest BCUT2D eigenvalue weighted by atomic mass is 9.92. The second kappa shape index (κ2) is 4.29. The number of nitrogens with zero attached hydrogens (tertiary/aromatic N) is 1. The third-order valence-electron chi connectivity index (χ3n) is 3.17. The number of carboxylic acids is 1. The van der Waals surface area contributed by atoms with E-state index in [9.17, 15) is 4.79 Å². The minimum Gasteiger partial charge on any atom is -0.481 e. The van der Waals surface area contributed by atoms with Crippen molar-refractivity contribution >= 4 is 18.4 Å². The molecule has 4 heteroatoms. The second-order valence-electron chi connectivity index (χ2n) is 3.90. The van der Waals surface area contributed by atoms with Crippen LogP contribution in [0, 0.1) is 5.92 Å². The highest BCUT2D eigenvalue weighted by atomic mass is 35.5. The van der Waals surface area contributed by atoms with Crippen molar-refractivity contribution in [2.75, 3.05) is 13.1 Å². The minimum atomic E-state index is -0.670. The van der Waals surface area contributed by atoms with Crippen LogP contribution in [0.5, 0.6) is 0 Å². The number of hydrogen-bond acceptors (Lipinski definition) is 2. The van der Waals surface area contributed by atoms with Crippen molar-refractivity contribution < 1.29 is 9.90 Å². The van der Waals surface area contributed by atoms with E-state index in [0.29, 0.717) is 6.42 Å². The van der Waals surface area contributed by atoms with Gasteiger partial charge in [0.2, 0.25) is 0 Å². The maximum atomic E-state index is 10.3. The SMILES string of the molecule is Cl.O=C(O)CCN1CC2CCCC21. The van der Waals surface area contributed by atoms with E-state index in [2.05, 4.69) is 4.90 Å². The van der Waals surface area contributed by atoms with Crippen molar-refractivity contribution in [2.24, 2.45) is 5.92 Å². The maximum Gasteiger partial charge on any atom is 0.304 e. The minimum absolute atomic E-state index is 0. The van der Waals surface area contributed by atoms with Gasteiger partial charge in [0.1, 0.15) is 0 Å². The molecule has 76 valence electrons. The van der Waals surface area contributed by atoms with Gasteiger partial charge >= 0.3 is 5.97 Å². The van der Waals surface area contributed by atoms with Crippen molar-refractivity contribution in [3.05, 3.63) is 0 Å². The van der Waals surface area contributed by atoms with Crippen LogP contribution in [0.1, 0.15) is 25.7 Å². The number of halogens is 1. The molecule has 2 aliphatic rings. The van der Waals surface area contributed by atoms with Crippen molar-refractivity contribution in [2.45, 2.75) is 31.7 Å². The van der Waals surface area contributed by atoms with Crippen LogP contribution in [0.15, 0.2) is 0 Å². The van der Waals surface area contributed by atoms with Crippen LogP contribution >= 0.6 is 12.4 Å². The molecule has 3 nitrogen and oxygen atoms in total. The molecule has 1 saturated heterocycles. The molecule has 0 aromatic rings. The molecule has 1 aliphatic heterocycles. The summed E-state index contributed by atoms with van der Waals surface area (Å²) in [4.78, 5) is 12.6. The van der Waals surface area contributed by atoms with Gasteiger partial charge in [0.25, 0.3) is 0 Å². The van der Waals surface area contributed by atoms with Crippen LogP contribution in [-0.4, -0.2) is 35.1 Å². The molecule has 1 heterocycles. The molecule has 1 N–H and O–H groups in total. The van der Waals surface area contributed by atoms with E-state index in [1.54, 1.807) is 0 Å². The van der Waals surface area contributed by atoms with Crippen LogP contribution in [-0.2, 0) is 4.79 Å². The lowest BCUT2D eigenvalue weighted by molar-refractivity contribution is -0.138. The quantitative estimate of drug-likeness (QED) is 0.757. The molecule has 0 amide bonds. The average molecular weight is 206 g/mol. The summed E-state index contributed by atoms with van der Waals surface area (Å²) in [5, 5.41) is 8.50. The molecule has 2 unspecified atom stereocenters. The van der Waals surface area contributed by atoms with Crippen molar-refractivity contribution in [3.8, 4) is 0 Å². The van der Waals surface area contributed by atoms with Gasteiger partial charge in [0.05, 0.1) is 6.42 Å². The highest BCUT2D eigenvalue weighted by molar-refractivity contribution is 5.85. The molecule has 0 spiro atoms. The molecule has 2 atom stereocenters. The Morgan fingerprint density at radius 3 is 2.85 bits per heavy atom. The first-order valence-electron chi connectivity index (χ1n) is 4.73. The molecular weight excluding hydrogens is 190 g/mol. The summed E-state index contributed by atoms with van der Waals surface area (Å²) in [7, 11) is 0. The smallest absolute Gasteiger partial charge is 0.304 e. The van der Waals surface area contributed by atoms with Crippen LogP contribution in [0.3, 0.4) is 0 Å². The van der Waals surface area contributed by atoms with Crippen LogP contribution < -0.4 is 0 Å². The number of carbonyl (C=O) groups is 1. The Kier molecular flexibility index (Phi) is 3.56. The fraction of sp³-hybridized carbons (Fsp3) is 0.889. The lowest BCUT2D eigenvalue weighted by Gasteiger charge is -2.44. The van der Waals surface area contributed by atoms with Crippen molar-refractivity contribution in [1.29, 1.82) is 0 Å². The lowest BCUT2D eigenvalue weighted by Crippen LogP contribution is -2.53. The topological polar surface area (TPSA) is 40.5 Å². The molecule has 2 fully saturated rings. The van der Waals surface area contributed by atoms with Gasteiger partial charge in [-0.2, -0.15) is 0 Å². The van der Waals surface area contributed by atoms with Gasteiger partial charge in [-0.25, -0.2) is 0 Å². The zero-order valence-corrected chi connectivity index (χ0v) is 8.42. The zero-order valence-electron chi connectivity index (χ0n) is 7.61. The summed E-state index contributed by atoms with van der Waals surface area (Å²) in [6, 6.07) is 0.740. The third kappa shape index (κ3) is 2.15. The Balaban J connectivity index is 0.000000845. The van der Waals surface area contributed by atoms with E-state index in [1.165, 1.54) is 19.3 Å². The van der Waals surface area contributed by atoms with E-state index >= 15 is 0 Å². The van der Waals surface area contributed by atoms with Gasteiger partial charge in [-0.1, -0.05) is 6.42 Å². The van der Waals surface area contributed by atoms with Gasteiger partial charge < -0.3 is 5.11 Å². The maximum absolute atomic E-state index is 10.3. The monoisotopic (exact) mass is 205 g/mol. The largest absolute Gasteiger partial charge is 0.481 e. The number of fused-ring (bicyclic) bond motifs is 1. The predicted molar refractivity (Wildman–Crippen MR) is 52.2 cm³/mol. The molecule has 0 aromatic carbocycles. The first-order valence-corrected chi connectivity index (χ1v) is 4.73. The van der Waals surface area contributed by atoms with E-state index in [4.69, 9.17) is 5.11 Å². The molecule has 0 bridgehead atoms. The first-order chi connectivity index (χ1) is 5.77. The van der Waals surface area contributed by atoms with E-state index in [0.717, 1.165) is 25.0 Å². The zero-order chi connectivity index (χ0) is 8.55. The Morgan fingerprint density at radius 1 is 1.46 bits per heavy atom. The van der Waals surface area contributed by atoms with Crippen LogP contribution in [0.25, 0.3) is 0 Å². The van der Waals surface area contributed by atoms with Crippen molar-refractivity contribution in [1.82, 2.24) is 4.90 Å². The second-order valence-corrected chi connectivity index (χ2v) is 3.90. The van der Waals surface area contributed by atoms with E-state index in [1.807, 2.05) is 0 Å². The molecule has 1 saturated carbocycles. The fourth-order valence-corrected chi connectivity index (χ4v) is 2.51. The standard InChI is InChI=1S/C9H15NO2.ClH/c11-9(12)4-5-10-6-7-2-1-3-8(7)10;/h7-8H,1-6H2,(H,11,12);1H. The normalized spacial score (nSPS) is 31.7. The highest BCUT2D eigenvalue weighted by Crippen LogP contribution is 2.38. The molecule has 1 aliphatic carbocycles. The molecule has 13 heavy (non-hydrogen) atoms. The highest BCUT2D eigenvalue weighted by Gasteiger charge is 2.41. The van der Waals surface area contributed by atoms with Crippen molar-refractivity contribution in [3.63, 3.8) is 0 Å².